The third-order valence-corrected chi connectivity index (χ3v) is 3.05. The number of aliphatic carboxylic acids is 1. The summed E-state index contributed by atoms with van der Waals surface area (Å²) in [4.78, 5) is 10.9. The fourth-order valence-electron chi connectivity index (χ4n) is 1.86. The predicted octanol–water partition coefficient (Wildman–Crippen LogP) is 1.28. The smallest absolute Gasteiger partial charge is 0.320 e. The molecule has 0 aliphatic heterocycles. The molecule has 0 aromatic heterocycles. The maximum atomic E-state index is 10.9. The minimum Gasteiger partial charge on any atom is -0.493 e. The molecular formula is C13H19NO4. The van der Waals surface area contributed by atoms with Gasteiger partial charge in [-0.25, -0.2) is 0 Å². The number of carbonyl (C=O) groups is 1. The Hall–Kier alpha value is -1.75. The van der Waals surface area contributed by atoms with Gasteiger partial charge in [-0.3, -0.25) is 4.79 Å². The monoisotopic (exact) mass is 253 g/mol. The van der Waals surface area contributed by atoms with E-state index in [2.05, 4.69) is 0 Å². The highest BCUT2D eigenvalue weighted by Crippen LogP contribution is 2.36. The summed E-state index contributed by atoms with van der Waals surface area (Å²) in [7, 11) is 3.08. The molecule has 0 spiro atoms. The van der Waals surface area contributed by atoms with Crippen LogP contribution in [-0.4, -0.2) is 31.3 Å². The highest BCUT2D eigenvalue weighted by atomic mass is 16.5. The molecule has 0 heterocycles. The van der Waals surface area contributed by atoms with Gasteiger partial charge in [-0.15, -0.1) is 0 Å². The van der Waals surface area contributed by atoms with E-state index in [0.717, 1.165) is 16.7 Å². The van der Waals surface area contributed by atoms with E-state index in [9.17, 15) is 4.79 Å². The van der Waals surface area contributed by atoms with Crippen molar-refractivity contribution in [3.8, 4) is 11.5 Å². The second-order valence-corrected chi connectivity index (χ2v) is 4.18. The molecule has 18 heavy (non-hydrogen) atoms. The van der Waals surface area contributed by atoms with Crippen LogP contribution in [0.2, 0.25) is 0 Å². The van der Waals surface area contributed by atoms with E-state index in [0.29, 0.717) is 11.5 Å². The van der Waals surface area contributed by atoms with Gasteiger partial charge in [0.05, 0.1) is 14.2 Å². The molecule has 1 aromatic carbocycles. The summed E-state index contributed by atoms with van der Waals surface area (Å²) in [6.07, 6.45) is 0.211. The molecule has 0 fully saturated rings. The van der Waals surface area contributed by atoms with Crippen molar-refractivity contribution in [2.75, 3.05) is 14.2 Å². The standard InChI is InChI=1S/C13H19NO4/c1-7-5-11(17-3)12(18-4)9(8(7)2)6-10(14)13(15)16/h5,10H,6,14H2,1-4H3,(H,15,16). The van der Waals surface area contributed by atoms with Crippen LogP contribution in [0.15, 0.2) is 6.07 Å². The number of benzene rings is 1. The minimum absolute atomic E-state index is 0.211. The summed E-state index contributed by atoms with van der Waals surface area (Å²) in [5.41, 5.74) is 8.36. The molecular weight excluding hydrogens is 234 g/mol. The van der Waals surface area contributed by atoms with Gasteiger partial charge in [0, 0.05) is 12.0 Å². The molecule has 1 unspecified atom stereocenters. The van der Waals surface area contributed by atoms with Gasteiger partial charge in [0.2, 0.25) is 0 Å². The number of rotatable bonds is 5. The van der Waals surface area contributed by atoms with Crippen molar-refractivity contribution in [2.24, 2.45) is 5.73 Å². The molecule has 1 atom stereocenters. The topological polar surface area (TPSA) is 81.8 Å². The molecule has 0 saturated carbocycles. The van der Waals surface area contributed by atoms with E-state index >= 15 is 0 Å². The second kappa shape index (κ2) is 5.73. The average molecular weight is 253 g/mol. The third-order valence-electron chi connectivity index (χ3n) is 3.05. The number of nitrogens with two attached hydrogens (primary N) is 1. The number of aryl methyl sites for hydroxylation is 1. The molecule has 100 valence electrons. The van der Waals surface area contributed by atoms with Crippen LogP contribution in [0.4, 0.5) is 0 Å². The van der Waals surface area contributed by atoms with Crippen LogP contribution in [0.5, 0.6) is 11.5 Å². The van der Waals surface area contributed by atoms with E-state index in [1.165, 1.54) is 7.11 Å². The summed E-state index contributed by atoms with van der Waals surface area (Å²) in [5.74, 6) is 0.113. The Labute approximate surface area is 107 Å². The number of ether oxygens (including phenoxy) is 2. The van der Waals surface area contributed by atoms with Gasteiger partial charge < -0.3 is 20.3 Å². The fraction of sp³-hybridized carbons (Fsp3) is 0.462. The SMILES string of the molecule is COc1cc(C)c(C)c(CC(N)C(=O)O)c1OC. The molecule has 5 heteroatoms. The van der Waals surface area contributed by atoms with Crippen molar-refractivity contribution in [2.45, 2.75) is 26.3 Å². The lowest BCUT2D eigenvalue weighted by molar-refractivity contribution is -0.138. The predicted molar refractivity (Wildman–Crippen MR) is 68.3 cm³/mol. The number of hydrogen-bond donors (Lipinski definition) is 2. The van der Waals surface area contributed by atoms with E-state index in [1.807, 2.05) is 19.9 Å². The molecule has 0 aliphatic carbocycles. The first-order chi connectivity index (χ1) is 8.42. The first kappa shape index (κ1) is 14.3. The Morgan fingerprint density at radius 3 is 2.44 bits per heavy atom. The van der Waals surface area contributed by atoms with Crippen LogP contribution in [0.1, 0.15) is 16.7 Å². The maximum Gasteiger partial charge on any atom is 0.320 e. The average Bonchev–Trinajstić information content (AvgIpc) is 2.34. The molecule has 0 aliphatic rings. The van der Waals surface area contributed by atoms with E-state index in [-0.39, 0.29) is 6.42 Å². The van der Waals surface area contributed by atoms with Crippen molar-refractivity contribution in [3.05, 3.63) is 22.8 Å². The summed E-state index contributed by atoms with van der Waals surface area (Å²) in [5, 5.41) is 8.90. The molecule has 1 rings (SSSR count). The molecule has 1 aromatic rings. The van der Waals surface area contributed by atoms with Gasteiger partial charge in [-0.2, -0.15) is 0 Å². The van der Waals surface area contributed by atoms with Gasteiger partial charge in [0.25, 0.3) is 0 Å². The molecule has 3 N–H and O–H groups in total. The summed E-state index contributed by atoms with van der Waals surface area (Å²) < 4.78 is 10.6. The second-order valence-electron chi connectivity index (χ2n) is 4.18. The number of carboxylic acid groups (broad SMARTS) is 1. The van der Waals surface area contributed by atoms with Gasteiger partial charge >= 0.3 is 5.97 Å². The number of methoxy groups -OCH3 is 2. The third kappa shape index (κ3) is 2.73. The van der Waals surface area contributed by atoms with Crippen LogP contribution in [0, 0.1) is 13.8 Å². The van der Waals surface area contributed by atoms with Crippen LogP contribution in [0.25, 0.3) is 0 Å². The Balaban J connectivity index is 3.30. The maximum absolute atomic E-state index is 10.9. The Bertz CT molecular complexity index is 457. The largest absolute Gasteiger partial charge is 0.493 e. The summed E-state index contributed by atoms with van der Waals surface area (Å²) in [6.45, 7) is 3.86. The van der Waals surface area contributed by atoms with Crippen molar-refractivity contribution in [3.63, 3.8) is 0 Å². The van der Waals surface area contributed by atoms with Crippen LogP contribution in [0.3, 0.4) is 0 Å². The quantitative estimate of drug-likeness (QED) is 0.826. The van der Waals surface area contributed by atoms with E-state index < -0.39 is 12.0 Å². The molecule has 5 nitrogen and oxygen atoms in total. The summed E-state index contributed by atoms with van der Waals surface area (Å²) >= 11 is 0. The van der Waals surface area contributed by atoms with Gasteiger partial charge in [0.1, 0.15) is 6.04 Å². The van der Waals surface area contributed by atoms with Crippen LogP contribution < -0.4 is 15.2 Å². The van der Waals surface area contributed by atoms with Crippen molar-refractivity contribution >= 4 is 5.97 Å². The Kier molecular flexibility index (Phi) is 4.55. The van der Waals surface area contributed by atoms with Crippen LogP contribution >= 0.6 is 0 Å². The van der Waals surface area contributed by atoms with Gasteiger partial charge in [-0.1, -0.05) is 0 Å². The molecule has 0 saturated heterocycles. The highest BCUT2D eigenvalue weighted by molar-refractivity contribution is 5.74. The van der Waals surface area contributed by atoms with Crippen molar-refractivity contribution < 1.29 is 19.4 Å². The van der Waals surface area contributed by atoms with Crippen LogP contribution in [-0.2, 0) is 11.2 Å². The van der Waals surface area contributed by atoms with Gasteiger partial charge in [-0.05, 0) is 31.0 Å². The van der Waals surface area contributed by atoms with E-state index in [4.69, 9.17) is 20.3 Å². The lowest BCUT2D eigenvalue weighted by atomic mass is 9.96. The zero-order chi connectivity index (χ0) is 13.9. The van der Waals surface area contributed by atoms with E-state index in [1.54, 1.807) is 7.11 Å². The summed E-state index contributed by atoms with van der Waals surface area (Å²) in [6, 6.07) is 0.911. The lowest BCUT2D eigenvalue weighted by Gasteiger charge is -2.18. The molecule has 0 amide bonds. The lowest BCUT2D eigenvalue weighted by Crippen LogP contribution is -2.32. The van der Waals surface area contributed by atoms with Crippen molar-refractivity contribution in [1.29, 1.82) is 0 Å². The minimum atomic E-state index is -1.03. The van der Waals surface area contributed by atoms with Crippen molar-refractivity contribution in [1.82, 2.24) is 0 Å². The molecule has 0 radical (unpaired) electrons. The zero-order valence-electron chi connectivity index (χ0n) is 11.1. The first-order valence-electron chi connectivity index (χ1n) is 5.61. The first-order valence-corrected chi connectivity index (χ1v) is 5.61. The fourth-order valence-corrected chi connectivity index (χ4v) is 1.86. The molecule has 0 bridgehead atoms. The highest BCUT2D eigenvalue weighted by Gasteiger charge is 2.20. The number of carboxylic acids is 1. The number of hydrogen-bond acceptors (Lipinski definition) is 4. The Morgan fingerprint density at radius 1 is 1.39 bits per heavy atom. The van der Waals surface area contributed by atoms with Gasteiger partial charge in [0.15, 0.2) is 11.5 Å². The normalized spacial score (nSPS) is 12.1. The zero-order valence-corrected chi connectivity index (χ0v) is 11.1. The Morgan fingerprint density at radius 2 is 2.00 bits per heavy atom.